The largest absolute Gasteiger partial charge is 0 e. The fraction of sp³-hybridized carbons (Fsp3) is 0. The van der Waals surface area contributed by atoms with Gasteiger partial charge in [-0.05, 0) is 0 Å². The monoisotopic (exact) mass is 557 g/mol. The van der Waals surface area contributed by atoms with Gasteiger partial charge in [0.2, 0.25) is 0 Å². The third-order valence-electron chi connectivity index (χ3n) is 0. The summed E-state index contributed by atoms with van der Waals surface area (Å²) in [5, 5.41) is 0. The molecule has 0 N–H and O–H groups in total. The Bertz CT molecular complexity index is 8.00. The van der Waals surface area contributed by atoms with E-state index in [0.29, 0.717) is 0 Å². The maximum atomic E-state index is 0. The topological polar surface area (TPSA) is 0 Å². The van der Waals surface area contributed by atoms with E-state index in [-0.39, 0.29) is 129 Å². The summed E-state index contributed by atoms with van der Waals surface area (Å²) in [5.74, 6) is 0. The van der Waals surface area contributed by atoms with Crippen LogP contribution in [0.15, 0.2) is 0 Å². The quantitative estimate of drug-likeness (QED) is 0.348. The molecule has 0 saturated carbocycles. The molecule has 0 saturated heterocycles. The van der Waals surface area contributed by atoms with Crippen molar-refractivity contribution in [3.63, 3.8) is 0 Å². The van der Waals surface area contributed by atoms with Crippen molar-refractivity contribution in [3.8, 4) is 0 Å². The third kappa shape index (κ3) is 9.36. The predicted molar refractivity (Wildman–Crippen MR) is 7.15 cm³/mol. The van der Waals surface area contributed by atoms with Gasteiger partial charge >= 0.3 is 68.9 Å². The predicted octanol–water partition coefficient (Wildman–Crippen LogP) is -0.656. The molecule has 0 bridgehead atoms. The molecule has 0 aromatic rings. The summed E-state index contributed by atoms with van der Waals surface area (Å²) in [5.41, 5.74) is 0. The second-order valence-corrected chi connectivity index (χ2v) is 0. The Morgan fingerprint density at radius 3 is 1.00 bits per heavy atom. The van der Waals surface area contributed by atoms with Gasteiger partial charge in [0.25, 0.3) is 0 Å². The van der Waals surface area contributed by atoms with Crippen molar-refractivity contribution in [2.45, 2.75) is 0 Å². The molecule has 0 unspecified atom stereocenters. The Morgan fingerprint density at radius 1 is 1.00 bits per heavy atom. The van der Waals surface area contributed by atoms with E-state index < -0.39 is 0 Å². The molecule has 0 fully saturated rings. The van der Waals surface area contributed by atoms with Crippen LogP contribution in [0.4, 0.5) is 0 Å². The molecule has 0 aromatic carbocycles. The van der Waals surface area contributed by atoms with E-state index in [1.54, 1.807) is 0 Å². The molecule has 0 atom stereocenters. The van der Waals surface area contributed by atoms with Crippen molar-refractivity contribution in [2.75, 3.05) is 0 Å². The van der Waals surface area contributed by atoms with Crippen LogP contribution in [0.3, 0.4) is 0 Å². The van der Waals surface area contributed by atoms with E-state index in [2.05, 4.69) is 0 Å². The summed E-state index contributed by atoms with van der Waals surface area (Å²) in [7, 11) is 0. The first-order chi connectivity index (χ1) is 0. The van der Waals surface area contributed by atoms with Crippen molar-refractivity contribution in [1.82, 2.24) is 0 Å². The van der Waals surface area contributed by atoms with Gasteiger partial charge in [-0.25, -0.2) is 0 Å². The number of rotatable bonds is 0. The van der Waals surface area contributed by atoms with Crippen LogP contribution < -0.4 is 0 Å². The molecule has 4 heavy (non-hydrogen) atoms. The van der Waals surface area contributed by atoms with Crippen molar-refractivity contribution in [3.05, 3.63) is 0 Å². The van der Waals surface area contributed by atoms with E-state index in [9.17, 15) is 0 Å². The van der Waals surface area contributed by atoms with Crippen LogP contribution in [-0.2, 0) is 59.9 Å². The van der Waals surface area contributed by atoms with E-state index in [0.717, 1.165) is 0 Å². The van der Waals surface area contributed by atoms with Crippen molar-refractivity contribution in [1.29, 1.82) is 0 Å². The summed E-state index contributed by atoms with van der Waals surface area (Å²) in [6.45, 7) is 0. The van der Waals surface area contributed by atoms with Gasteiger partial charge in [0.05, 0.1) is 0 Å². The second kappa shape index (κ2) is 15.8. The molecule has 1 radical (unpaired) electrons. The summed E-state index contributed by atoms with van der Waals surface area (Å²) < 4.78 is 0. The van der Waals surface area contributed by atoms with Crippen LogP contribution in [0.25, 0.3) is 0 Å². The van der Waals surface area contributed by atoms with Gasteiger partial charge in [-0.2, -0.15) is 0 Å². The first-order valence-electron chi connectivity index (χ1n) is 0. The normalized spacial score (nSPS) is 0. The van der Waals surface area contributed by atoms with Crippen LogP contribution in [0.2, 0.25) is 0 Å². The van der Waals surface area contributed by atoms with Crippen LogP contribution >= 0.6 is 0 Å². The van der Waals surface area contributed by atoms with Gasteiger partial charge in [0.15, 0.2) is 0 Å². The van der Waals surface area contributed by atoms with Crippen molar-refractivity contribution < 1.29 is 59.9 Å². The van der Waals surface area contributed by atoms with E-state index in [4.69, 9.17) is 0 Å². The van der Waals surface area contributed by atoms with Crippen LogP contribution in [0.5, 0.6) is 0 Å². The molecule has 0 heterocycles. The van der Waals surface area contributed by atoms with Crippen molar-refractivity contribution >= 4 is 68.9 Å². The van der Waals surface area contributed by atoms with Gasteiger partial charge in [-0.3, -0.25) is 0 Å². The van der Waals surface area contributed by atoms with Gasteiger partial charge < -0.3 is 0 Å². The van der Waals surface area contributed by atoms with Gasteiger partial charge in [-0.15, -0.1) is 0 Å². The average molecular weight is 557 g/mol. The van der Waals surface area contributed by atoms with E-state index >= 15 is 0 Å². The summed E-state index contributed by atoms with van der Waals surface area (Å²) in [6, 6.07) is 0. The van der Waals surface area contributed by atoms with Crippen molar-refractivity contribution in [2.24, 2.45) is 0 Å². The molecule has 0 aromatic heterocycles. The van der Waals surface area contributed by atoms with Crippen LogP contribution in [-0.4, -0.2) is 68.9 Å². The Balaban J connectivity index is 0. The first-order valence-corrected chi connectivity index (χ1v) is 0. The molecule has 23 valence electrons. The molecule has 0 rings (SSSR count). The Morgan fingerprint density at radius 2 is 1.00 bits per heavy atom. The molecular formula is HCsNiTaW. The first kappa shape index (κ1) is 24.6. The minimum atomic E-state index is 0. The summed E-state index contributed by atoms with van der Waals surface area (Å²) in [4.78, 5) is 0. The zero-order chi connectivity index (χ0) is 0. The van der Waals surface area contributed by atoms with Crippen LogP contribution in [0.1, 0.15) is 0 Å². The third-order valence-corrected chi connectivity index (χ3v) is 0. The molecular weight excluding hydrogens is 556 g/mol. The molecule has 4 heteroatoms. The molecule has 0 aliphatic heterocycles. The Labute approximate surface area is 125 Å². The van der Waals surface area contributed by atoms with Gasteiger partial charge in [0, 0.05) is 59.9 Å². The Hall–Kier alpha value is 3.97. The molecule has 0 aliphatic rings. The minimum Gasteiger partial charge on any atom is 0 e. The van der Waals surface area contributed by atoms with Crippen LogP contribution in [0, 0.1) is 0 Å². The SMILES string of the molecule is [CsH].[Ni].[Ta].[W]. The number of hydrogen-bond acceptors (Lipinski definition) is 0. The van der Waals surface area contributed by atoms with Gasteiger partial charge in [0.1, 0.15) is 0 Å². The zero-order valence-corrected chi connectivity index (χ0v) is 8.31. The molecule has 0 aliphatic carbocycles. The second-order valence-electron chi connectivity index (χ2n) is 0. The van der Waals surface area contributed by atoms with E-state index in [1.165, 1.54) is 0 Å². The maximum absolute atomic E-state index is 0. The maximum Gasteiger partial charge on any atom is 0 e. The minimum absolute atomic E-state index is 0. The number of hydrogen-bond donors (Lipinski definition) is 0. The average Bonchev–Trinajstić information content (AvgIpc) is 0. The standard InChI is InChI=1S/Cs.Ni.Ta.W.H. The fourth-order valence-corrected chi connectivity index (χ4v) is 0. The fourth-order valence-electron chi connectivity index (χ4n) is 0. The molecule has 0 amide bonds. The van der Waals surface area contributed by atoms with Gasteiger partial charge in [-0.1, -0.05) is 0 Å². The summed E-state index contributed by atoms with van der Waals surface area (Å²) >= 11 is 0. The molecule has 0 nitrogen and oxygen atoms in total. The Kier molecular flexibility index (Phi) is 96.8. The molecule has 0 spiro atoms. The smallest absolute Gasteiger partial charge is 0 e. The van der Waals surface area contributed by atoms with E-state index in [1.807, 2.05) is 0 Å². The zero-order valence-electron chi connectivity index (χ0n) is 1.17. The summed E-state index contributed by atoms with van der Waals surface area (Å²) in [6.07, 6.45) is 0.